The summed E-state index contributed by atoms with van der Waals surface area (Å²) in [6.07, 6.45) is 0.422. The number of ether oxygens (including phenoxy) is 2. The van der Waals surface area contributed by atoms with E-state index in [0.29, 0.717) is 0 Å². The SMILES string of the molecule is CC(COc1cc(Cl)ncc1F)NC(=O)OC(C)(C)C. The van der Waals surface area contributed by atoms with E-state index in [1.807, 2.05) is 0 Å². The van der Waals surface area contributed by atoms with Crippen molar-refractivity contribution < 1.29 is 18.7 Å². The molecule has 1 aromatic heterocycles. The molecule has 0 bridgehead atoms. The lowest BCUT2D eigenvalue weighted by molar-refractivity contribution is 0.0493. The summed E-state index contributed by atoms with van der Waals surface area (Å²) < 4.78 is 23.7. The maximum absolute atomic E-state index is 13.3. The van der Waals surface area contributed by atoms with E-state index in [0.717, 1.165) is 6.20 Å². The molecule has 1 heterocycles. The lowest BCUT2D eigenvalue weighted by atomic mass is 10.2. The number of rotatable bonds is 4. The first kappa shape index (κ1) is 16.5. The molecule has 1 rings (SSSR count). The number of hydrogen-bond acceptors (Lipinski definition) is 4. The summed E-state index contributed by atoms with van der Waals surface area (Å²) in [5, 5.41) is 2.72. The highest BCUT2D eigenvalue weighted by atomic mass is 35.5. The van der Waals surface area contributed by atoms with Gasteiger partial charge in [-0.25, -0.2) is 14.2 Å². The Morgan fingerprint density at radius 3 is 2.80 bits per heavy atom. The van der Waals surface area contributed by atoms with Gasteiger partial charge in [-0.2, -0.15) is 0 Å². The smallest absolute Gasteiger partial charge is 0.407 e. The highest BCUT2D eigenvalue weighted by molar-refractivity contribution is 6.29. The minimum atomic E-state index is -0.612. The van der Waals surface area contributed by atoms with Crippen molar-refractivity contribution in [1.82, 2.24) is 10.3 Å². The molecule has 5 nitrogen and oxygen atoms in total. The quantitative estimate of drug-likeness (QED) is 0.868. The summed E-state index contributed by atoms with van der Waals surface area (Å²) in [5.74, 6) is -0.623. The molecule has 0 radical (unpaired) electrons. The Labute approximate surface area is 122 Å². The second kappa shape index (κ2) is 6.74. The average Bonchev–Trinajstić information content (AvgIpc) is 2.27. The van der Waals surface area contributed by atoms with E-state index in [9.17, 15) is 9.18 Å². The molecular formula is C13H18ClFN2O3. The minimum absolute atomic E-state index is 0.0113. The topological polar surface area (TPSA) is 60.5 Å². The first-order valence-corrected chi connectivity index (χ1v) is 6.48. The number of amides is 1. The van der Waals surface area contributed by atoms with Gasteiger partial charge in [0.25, 0.3) is 0 Å². The fraction of sp³-hybridized carbons (Fsp3) is 0.538. The Bertz CT molecular complexity index is 477. The van der Waals surface area contributed by atoms with Crippen LogP contribution in [-0.2, 0) is 4.74 Å². The molecule has 0 spiro atoms. The van der Waals surface area contributed by atoms with E-state index < -0.39 is 17.5 Å². The van der Waals surface area contributed by atoms with E-state index in [1.165, 1.54) is 6.07 Å². The van der Waals surface area contributed by atoms with Gasteiger partial charge in [-0.1, -0.05) is 11.6 Å². The summed E-state index contributed by atoms with van der Waals surface area (Å²) >= 11 is 5.64. The summed E-state index contributed by atoms with van der Waals surface area (Å²) in [7, 11) is 0. The van der Waals surface area contributed by atoms with Crippen LogP contribution in [0.4, 0.5) is 9.18 Å². The zero-order chi connectivity index (χ0) is 15.3. The standard InChI is InChI=1S/C13H18ClFN2O3/c1-8(17-12(18)20-13(2,3)4)7-19-10-5-11(14)16-6-9(10)15/h5-6,8H,7H2,1-4H3,(H,17,18). The number of alkyl carbamates (subject to hydrolysis) is 1. The van der Waals surface area contributed by atoms with Gasteiger partial charge in [-0.05, 0) is 27.7 Å². The molecule has 1 aromatic rings. The van der Waals surface area contributed by atoms with Gasteiger partial charge in [-0.15, -0.1) is 0 Å². The van der Waals surface area contributed by atoms with Crippen LogP contribution in [0.15, 0.2) is 12.3 Å². The third-order valence-corrected chi connectivity index (χ3v) is 2.25. The number of halogens is 2. The summed E-state index contributed by atoms with van der Waals surface area (Å²) in [5.41, 5.74) is -0.574. The van der Waals surface area contributed by atoms with Gasteiger partial charge < -0.3 is 14.8 Å². The third-order valence-electron chi connectivity index (χ3n) is 2.04. The fourth-order valence-corrected chi connectivity index (χ4v) is 1.42. The number of hydrogen-bond donors (Lipinski definition) is 1. The number of nitrogens with zero attached hydrogens (tertiary/aromatic N) is 1. The molecule has 0 saturated carbocycles. The van der Waals surface area contributed by atoms with Gasteiger partial charge in [0, 0.05) is 6.07 Å². The van der Waals surface area contributed by atoms with E-state index in [-0.39, 0.29) is 23.6 Å². The second-order valence-electron chi connectivity index (χ2n) is 5.30. The molecule has 1 unspecified atom stereocenters. The molecule has 0 aliphatic carbocycles. The lowest BCUT2D eigenvalue weighted by Gasteiger charge is -2.22. The van der Waals surface area contributed by atoms with Crippen molar-refractivity contribution in [3.05, 3.63) is 23.2 Å². The molecular weight excluding hydrogens is 287 g/mol. The van der Waals surface area contributed by atoms with Gasteiger partial charge in [0.15, 0.2) is 11.6 Å². The Kier molecular flexibility index (Phi) is 5.56. The maximum Gasteiger partial charge on any atom is 0.407 e. The average molecular weight is 305 g/mol. The molecule has 1 amide bonds. The summed E-state index contributed by atoms with van der Waals surface area (Å²) in [4.78, 5) is 15.1. The molecule has 1 N–H and O–H groups in total. The van der Waals surface area contributed by atoms with Crippen LogP contribution in [0.3, 0.4) is 0 Å². The summed E-state index contributed by atoms with van der Waals surface area (Å²) in [6, 6.07) is 0.924. The number of carbonyl (C=O) groups is 1. The van der Waals surface area contributed by atoms with Crippen LogP contribution in [-0.4, -0.2) is 29.3 Å². The second-order valence-corrected chi connectivity index (χ2v) is 5.68. The zero-order valence-corrected chi connectivity index (χ0v) is 12.6. The molecule has 112 valence electrons. The van der Waals surface area contributed by atoms with Crippen molar-refractivity contribution in [2.75, 3.05) is 6.61 Å². The van der Waals surface area contributed by atoms with Crippen LogP contribution < -0.4 is 10.1 Å². The molecule has 7 heteroatoms. The molecule has 0 aromatic carbocycles. The normalized spacial score (nSPS) is 12.7. The Morgan fingerprint density at radius 2 is 2.20 bits per heavy atom. The van der Waals surface area contributed by atoms with Crippen molar-refractivity contribution in [2.45, 2.75) is 39.3 Å². The monoisotopic (exact) mass is 304 g/mol. The van der Waals surface area contributed by atoms with Crippen molar-refractivity contribution >= 4 is 17.7 Å². The van der Waals surface area contributed by atoms with Gasteiger partial charge in [-0.3, -0.25) is 0 Å². The van der Waals surface area contributed by atoms with Crippen LogP contribution in [0, 0.1) is 5.82 Å². The van der Waals surface area contributed by atoms with Gasteiger partial charge in [0.05, 0.1) is 12.2 Å². The van der Waals surface area contributed by atoms with Crippen LogP contribution in [0.1, 0.15) is 27.7 Å². The number of nitrogens with one attached hydrogen (secondary N) is 1. The van der Waals surface area contributed by atoms with Crippen LogP contribution in [0.2, 0.25) is 5.15 Å². The van der Waals surface area contributed by atoms with Crippen molar-refractivity contribution in [3.8, 4) is 5.75 Å². The van der Waals surface area contributed by atoms with Crippen LogP contribution in [0.5, 0.6) is 5.75 Å². The van der Waals surface area contributed by atoms with Crippen molar-refractivity contribution in [3.63, 3.8) is 0 Å². The maximum atomic E-state index is 13.3. The van der Waals surface area contributed by atoms with E-state index in [4.69, 9.17) is 21.1 Å². The van der Waals surface area contributed by atoms with E-state index in [1.54, 1.807) is 27.7 Å². The van der Waals surface area contributed by atoms with Crippen molar-refractivity contribution in [1.29, 1.82) is 0 Å². The van der Waals surface area contributed by atoms with Gasteiger partial charge in [0.2, 0.25) is 0 Å². The highest BCUT2D eigenvalue weighted by Gasteiger charge is 2.18. The fourth-order valence-electron chi connectivity index (χ4n) is 1.27. The zero-order valence-electron chi connectivity index (χ0n) is 11.9. The number of carbonyl (C=O) groups excluding carboxylic acids is 1. The molecule has 1 atom stereocenters. The first-order valence-electron chi connectivity index (χ1n) is 6.11. The van der Waals surface area contributed by atoms with E-state index >= 15 is 0 Å². The summed E-state index contributed by atoms with van der Waals surface area (Å²) in [6.45, 7) is 7.09. The number of pyridine rings is 1. The van der Waals surface area contributed by atoms with E-state index in [2.05, 4.69) is 10.3 Å². The molecule has 0 aliphatic heterocycles. The van der Waals surface area contributed by atoms with Crippen molar-refractivity contribution in [2.24, 2.45) is 0 Å². The van der Waals surface area contributed by atoms with Gasteiger partial charge in [0.1, 0.15) is 17.4 Å². The molecule has 0 saturated heterocycles. The number of aromatic nitrogens is 1. The third kappa shape index (κ3) is 6.06. The molecule has 20 heavy (non-hydrogen) atoms. The predicted octanol–water partition coefficient (Wildman–Crippen LogP) is 3.17. The first-order chi connectivity index (χ1) is 9.17. The Morgan fingerprint density at radius 1 is 1.55 bits per heavy atom. The highest BCUT2D eigenvalue weighted by Crippen LogP contribution is 2.19. The Balaban J connectivity index is 2.45. The molecule has 0 aliphatic rings. The largest absolute Gasteiger partial charge is 0.488 e. The van der Waals surface area contributed by atoms with Crippen LogP contribution in [0.25, 0.3) is 0 Å². The van der Waals surface area contributed by atoms with Gasteiger partial charge >= 0.3 is 6.09 Å². The predicted molar refractivity (Wildman–Crippen MR) is 73.5 cm³/mol. The van der Waals surface area contributed by atoms with Crippen LogP contribution >= 0.6 is 11.6 Å². The lowest BCUT2D eigenvalue weighted by Crippen LogP contribution is -2.40. The molecule has 0 fully saturated rings. The minimum Gasteiger partial charge on any atom is -0.488 e. The Hall–Kier alpha value is -1.56.